The standard InChI is InChI=1S/C28H20S4/c1-13-3-5-16-15(9-13)4-6-17-20-11-23-21(12-22(20)30-25(16)17)18-7-8-19-26-24(10-14(2)29-26)32-28(19)27(18)31-23/h3,5,9-12H,4,6-8H2,1-2H3. The molecule has 8 rings (SSSR count). The maximum atomic E-state index is 2.53. The topological polar surface area (TPSA) is 0 Å². The van der Waals surface area contributed by atoms with Crippen LogP contribution < -0.4 is 0 Å². The highest BCUT2D eigenvalue weighted by atomic mass is 32.1. The number of hydrogen-bond acceptors (Lipinski definition) is 4. The van der Waals surface area contributed by atoms with Crippen molar-refractivity contribution < 1.29 is 0 Å². The predicted molar refractivity (Wildman–Crippen MR) is 146 cm³/mol. The first-order valence-corrected chi connectivity index (χ1v) is 14.5. The SMILES string of the molecule is Cc1ccc2c(c1)CCc1c-2sc2cc3c4c(sc3cc12)-c1sc2cc(C)sc2c1CC4. The van der Waals surface area contributed by atoms with Crippen molar-refractivity contribution in [3.05, 3.63) is 69.1 Å². The van der Waals surface area contributed by atoms with Gasteiger partial charge in [-0.15, -0.1) is 45.3 Å². The quantitative estimate of drug-likeness (QED) is 0.201. The van der Waals surface area contributed by atoms with Gasteiger partial charge in [0, 0.05) is 38.3 Å². The average Bonchev–Trinajstić information content (AvgIpc) is 3.50. The summed E-state index contributed by atoms with van der Waals surface area (Å²) in [7, 11) is 0. The third-order valence-corrected chi connectivity index (χ3v) is 12.3. The molecule has 4 aromatic heterocycles. The number of hydrogen-bond donors (Lipinski definition) is 0. The molecular weight excluding hydrogens is 465 g/mol. The number of aryl methyl sites for hydroxylation is 6. The lowest BCUT2D eigenvalue weighted by Crippen LogP contribution is -2.01. The van der Waals surface area contributed by atoms with Crippen molar-refractivity contribution in [1.29, 1.82) is 0 Å². The van der Waals surface area contributed by atoms with Gasteiger partial charge in [-0.1, -0.05) is 23.8 Å². The molecule has 4 heterocycles. The van der Waals surface area contributed by atoms with Gasteiger partial charge in [-0.2, -0.15) is 0 Å². The molecule has 0 aliphatic heterocycles. The molecule has 32 heavy (non-hydrogen) atoms. The van der Waals surface area contributed by atoms with Gasteiger partial charge in [-0.25, -0.2) is 0 Å². The second-order valence-corrected chi connectivity index (χ2v) is 13.7. The van der Waals surface area contributed by atoms with Crippen LogP contribution in [0.25, 0.3) is 49.8 Å². The van der Waals surface area contributed by atoms with Crippen LogP contribution in [-0.4, -0.2) is 0 Å². The summed E-state index contributed by atoms with van der Waals surface area (Å²) in [5, 5.41) is 3.02. The molecule has 0 bridgehead atoms. The lowest BCUT2D eigenvalue weighted by Gasteiger charge is -2.17. The van der Waals surface area contributed by atoms with Gasteiger partial charge in [-0.05, 0) is 96.3 Å². The molecular formula is C28H20S4. The highest BCUT2D eigenvalue weighted by molar-refractivity contribution is 7.32. The van der Waals surface area contributed by atoms with Crippen LogP contribution in [-0.2, 0) is 25.7 Å². The Morgan fingerprint density at radius 3 is 2.09 bits per heavy atom. The van der Waals surface area contributed by atoms with E-state index in [2.05, 4.69) is 50.2 Å². The molecule has 0 spiro atoms. The van der Waals surface area contributed by atoms with Gasteiger partial charge in [0.1, 0.15) is 0 Å². The Balaban J connectivity index is 1.36. The van der Waals surface area contributed by atoms with Crippen molar-refractivity contribution in [3.8, 4) is 20.2 Å². The predicted octanol–water partition coefficient (Wildman–Crippen LogP) is 9.54. The van der Waals surface area contributed by atoms with E-state index in [4.69, 9.17) is 0 Å². The van der Waals surface area contributed by atoms with Crippen LogP contribution in [0.2, 0.25) is 0 Å². The van der Waals surface area contributed by atoms with Gasteiger partial charge in [0.25, 0.3) is 0 Å². The molecule has 2 aromatic carbocycles. The van der Waals surface area contributed by atoms with Gasteiger partial charge in [0.15, 0.2) is 0 Å². The van der Waals surface area contributed by atoms with E-state index in [1.165, 1.54) is 77.0 Å². The molecule has 0 unspecified atom stereocenters. The van der Waals surface area contributed by atoms with Crippen LogP contribution in [0, 0.1) is 13.8 Å². The van der Waals surface area contributed by atoms with E-state index in [0.717, 1.165) is 0 Å². The van der Waals surface area contributed by atoms with Crippen molar-refractivity contribution in [3.63, 3.8) is 0 Å². The summed E-state index contributed by atoms with van der Waals surface area (Å²) in [6.07, 6.45) is 4.72. The van der Waals surface area contributed by atoms with Gasteiger partial charge in [-0.3, -0.25) is 0 Å². The normalized spacial score (nSPS) is 14.7. The van der Waals surface area contributed by atoms with Crippen LogP contribution in [0.5, 0.6) is 0 Å². The summed E-state index contributed by atoms with van der Waals surface area (Å²) in [6, 6.07) is 14.5. The smallest absolute Gasteiger partial charge is 0.0498 e. The summed E-state index contributed by atoms with van der Waals surface area (Å²) in [6.45, 7) is 4.45. The van der Waals surface area contributed by atoms with Crippen LogP contribution in [0.4, 0.5) is 0 Å². The minimum absolute atomic E-state index is 1.17. The number of rotatable bonds is 0. The van der Waals surface area contributed by atoms with Crippen molar-refractivity contribution in [2.45, 2.75) is 39.5 Å². The van der Waals surface area contributed by atoms with Crippen LogP contribution >= 0.6 is 45.3 Å². The number of fused-ring (bicyclic) bond motifs is 12. The molecule has 0 atom stereocenters. The fourth-order valence-corrected chi connectivity index (χ4v) is 11.2. The Labute approximate surface area is 202 Å². The zero-order chi connectivity index (χ0) is 21.1. The average molecular weight is 485 g/mol. The summed E-state index contributed by atoms with van der Waals surface area (Å²) in [5.74, 6) is 0. The molecule has 2 aliphatic rings. The van der Waals surface area contributed by atoms with E-state index >= 15 is 0 Å². The molecule has 6 aromatic rings. The number of benzene rings is 2. The highest BCUT2D eigenvalue weighted by Crippen LogP contribution is 2.53. The summed E-state index contributed by atoms with van der Waals surface area (Å²) in [4.78, 5) is 6.07. The second kappa shape index (κ2) is 6.32. The van der Waals surface area contributed by atoms with E-state index in [0.29, 0.717) is 0 Å². The second-order valence-electron chi connectivity index (χ2n) is 9.28. The van der Waals surface area contributed by atoms with Gasteiger partial charge in [0.2, 0.25) is 0 Å². The van der Waals surface area contributed by atoms with Crippen molar-refractivity contribution in [1.82, 2.24) is 0 Å². The van der Waals surface area contributed by atoms with E-state index in [1.54, 1.807) is 31.1 Å². The first-order chi connectivity index (χ1) is 15.6. The van der Waals surface area contributed by atoms with E-state index in [1.807, 2.05) is 45.3 Å². The van der Waals surface area contributed by atoms with Crippen molar-refractivity contribution >= 4 is 74.9 Å². The van der Waals surface area contributed by atoms with Crippen LogP contribution in [0.3, 0.4) is 0 Å². The molecule has 156 valence electrons. The molecule has 2 aliphatic carbocycles. The Morgan fingerprint density at radius 1 is 0.594 bits per heavy atom. The molecule has 0 fully saturated rings. The van der Waals surface area contributed by atoms with Crippen molar-refractivity contribution in [2.24, 2.45) is 0 Å². The van der Waals surface area contributed by atoms with Crippen LogP contribution in [0.1, 0.15) is 32.7 Å². The molecule has 0 nitrogen and oxygen atoms in total. The molecule has 4 heteroatoms. The first-order valence-electron chi connectivity index (χ1n) is 11.3. The summed E-state index contributed by atoms with van der Waals surface area (Å²) in [5.41, 5.74) is 9.19. The molecule has 0 saturated heterocycles. The van der Waals surface area contributed by atoms with Crippen molar-refractivity contribution in [2.75, 3.05) is 0 Å². The largest absolute Gasteiger partial charge is 0.139 e. The summed E-state index contributed by atoms with van der Waals surface area (Å²) >= 11 is 8.07. The Hall–Kier alpha value is -1.98. The maximum Gasteiger partial charge on any atom is 0.0498 e. The van der Waals surface area contributed by atoms with E-state index < -0.39 is 0 Å². The zero-order valence-corrected chi connectivity index (χ0v) is 21.2. The Kier molecular flexibility index (Phi) is 3.65. The first kappa shape index (κ1) is 18.4. The Morgan fingerprint density at radius 2 is 1.25 bits per heavy atom. The fraction of sp³-hybridized carbons (Fsp3) is 0.214. The monoisotopic (exact) mass is 484 g/mol. The Bertz CT molecular complexity index is 1750. The summed E-state index contributed by atoms with van der Waals surface area (Å²) < 4.78 is 6.00. The molecule has 0 radical (unpaired) electrons. The minimum atomic E-state index is 1.17. The van der Waals surface area contributed by atoms with Gasteiger partial charge in [0.05, 0.1) is 0 Å². The molecule has 0 N–H and O–H groups in total. The van der Waals surface area contributed by atoms with Crippen LogP contribution in [0.15, 0.2) is 36.4 Å². The highest BCUT2D eigenvalue weighted by Gasteiger charge is 2.27. The molecule has 0 amide bonds. The maximum absolute atomic E-state index is 2.53. The van der Waals surface area contributed by atoms with E-state index in [9.17, 15) is 0 Å². The third kappa shape index (κ3) is 2.36. The van der Waals surface area contributed by atoms with Gasteiger partial charge >= 0.3 is 0 Å². The minimum Gasteiger partial charge on any atom is -0.139 e. The lowest BCUT2D eigenvalue weighted by atomic mass is 9.88. The zero-order valence-electron chi connectivity index (χ0n) is 17.9. The molecule has 0 saturated carbocycles. The third-order valence-electron chi connectivity index (χ3n) is 7.27. The number of thiophene rings is 4. The fourth-order valence-electron chi connectivity index (χ4n) is 5.81. The van der Waals surface area contributed by atoms with E-state index in [-0.39, 0.29) is 0 Å². The lowest BCUT2D eigenvalue weighted by molar-refractivity contribution is 0.955. The van der Waals surface area contributed by atoms with Gasteiger partial charge < -0.3 is 0 Å².